The molecule has 0 saturated carbocycles. The summed E-state index contributed by atoms with van der Waals surface area (Å²) in [6.07, 6.45) is 0. The first-order valence-corrected chi connectivity index (χ1v) is 13.9. The Balaban J connectivity index is 1.46. The van der Waals surface area contributed by atoms with Crippen LogP contribution in [-0.4, -0.2) is 0 Å². The molecule has 182 valence electrons. The van der Waals surface area contributed by atoms with E-state index in [1.807, 2.05) is 0 Å². The van der Waals surface area contributed by atoms with Crippen molar-refractivity contribution in [3.05, 3.63) is 132 Å². The molecular formula is C39H26. The summed E-state index contributed by atoms with van der Waals surface area (Å²) >= 11 is 0. The van der Waals surface area contributed by atoms with Crippen molar-refractivity contribution in [3.8, 4) is 11.1 Å². The fraction of sp³-hybridized carbons (Fsp3) is 0.0769. The Morgan fingerprint density at radius 3 is 1.59 bits per heavy atom. The molecule has 0 heterocycles. The van der Waals surface area contributed by atoms with Gasteiger partial charge in [-0.05, 0) is 99.0 Å². The van der Waals surface area contributed by atoms with Crippen molar-refractivity contribution >= 4 is 64.6 Å². The zero-order valence-corrected chi connectivity index (χ0v) is 22.0. The van der Waals surface area contributed by atoms with E-state index in [4.69, 9.17) is 0 Å². The molecule has 0 bridgehead atoms. The third-order valence-corrected chi connectivity index (χ3v) is 9.38. The minimum absolute atomic E-state index is 0.0370. The van der Waals surface area contributed by atoms with Gasteiger partial charge in [0, 0.05) is 5.41 Å². The zero-order valence-electron chi connectivity index (χ0n) is 22.0. The Morgan fingerprint density at radius 2 is 0.923 bits per heavy atom. The van der Waals surface area contributed by atoms with Gasteiger partial charge in [-0.15, -0.1) is 0 Å². The van der Waals surface area contributed by atoms with E-state index in [2.05, 4.69) is 135 Å². The van der Waals surface area contributed by atoms with Crippen molar-refractivity contribution in [1.82, 2.24) is 0 Å². The van der Waals surface area contributed by atoms with Gasteiger partial charge in [0.2, 0.25) is 0 Å². The van der Waals surface area contributed by atoms with E-state index in [1.165, 1.54) is 86.9 Å². The summed E-state index contributed by atoms with van der Waals surface area (Å²) in [4.78, 5) is 0. The van der Waals surface area contributed by atoms with Crippen LogP contribution in [0.4, 0.5) is 0 Å². The Hall–Kier alpha value is -4.68. The van der Waals surface area contributed by atoms with E-state index in [9.17, 15) is 0 Å². The quantitative estimate of drug-likeness (QED) is 0.199. The smallest absolute Gasteiger partial charge is 0.0159 e. The van der Waals surface area contributed by atoms with Gasteiger partial charge in [0.05, 0.1) is 0 Å². The maximum absolute atomic E-state index is 2.43. The van der Waals surface area contributed by atoms with Crippen LogP contribution in [0.3, 0.4) is 0 Å². The normalized spacial score (nSPS) is 14.1. The van der Waals surface area contributed by atoms with Gasteiger partial charge in [0.1, 0.15) is 0 Å². The highest BCUT2D eigenvalue weighted by Gasteiger charge is 2.32. The monoisotopic (exact) mass is 494 g/mol. The molecule has 0 radical (unpaired) electrons. The van der Waals surface area contributed by atoms with Crippen LogP contribution in [0.25, 0.3) is 75.8 Å². The first-order chi connectivity index (χ1) is 19.1. The molecule has 0 heteroatoms. The molecule has 0 N–H and O–H groups in total. The second-order valence-corrected chi connectivity index (χ2v) is 11.7. The van der Waals surface area contributed by atoms with Crippen molar-refractivity contribution < 1.29 is 0 Å². The highest BCUT2D eigenvalue weighted by Crippen LogP contribution is 2.51. The van der Waals surface area contributed by atoms with E-state index in [0.29, 0.717) is 0 Å². The second-order valence-electron chi connectivity index (χ2n) is 11.7. The lowest BCUT2D eigenvalue weighted by molar-refractivity contribution is 0.652. The number of benzene rings is 8. The molecule has 8 aromatic carbocycles. The number of hydrogen-bond donors (Lipinski definition) is 0. The molecule has 0 nitrogen and oxygen atoms in total. The van der Waals surface area contributed by atoms with Gasteiger partial charge in [0.25, 0.3) is 0 Å². The first kappa shape index (κ1) is 21.3. The van der Waals surface area contributed by atoms with Crippen molar-refractivity contribution in [2.24, 2.45) is 0 Å². The lowest BCUT2D eigenvalue weighted by Crippen LogP contribution is -2.22. The van der Waals surface area contributed by atoms with Gasteiger partial charge in [-0.25, -0.2) is 0 Å². The van der Waals surface area contributed by atoms with Crippen molar-refractivity contribution in [2.45, 2.75) is 19.3 Å². The van der Waals surface area contributed by atoms with Gasteiger partial charge < -0.3 is 0 Å². The van der Waals surface area contributed by atoms with E-state index < -0.39 is 0 Å². The number of rotatable bonds is 1. The van der Waals surface area contributed by atoms with Crippen LogP contribution in [0.5, 0.6) is 0 Å². The Labute approximate surface area is 227 Å². The van der Waals surface area contributed by atoms with Gasteiger partial charge in [0.15, 0.2) is 0 Å². The topological polar surface area (TPSA) is 0 Å². The molecule has 0 fully saturated rings. The van der Waals surface area contributed by atoms with E-state index in [-0.39, 0.29) is 5.41 Å². The van der Waals surface area contributed by atoms with E-state index in [1.54, 1.807) is 0 Å². The molecule has 9 rings (SSSR count). The van der Waals surface area contributed by atoms with E-state index in [0.717, 1.165) is 0 Å². The molecule has 1 aliphatic carbocycles. The van der Waals surface area contributed by atoms with E-state index >= 15 is 0 Å². The summed E-state index contributed by atoms with van der Waals surface area (Å²) in [5, 5.41) is 16.2. The first-order valence-electron chi connectivity index (χ1n) is 13.9. The maximum Gasteiger partial charge on any atom is 0.0159 e. The van der Waals surface area contributed by atoms with Crippen LogP contribution in [0.2, 0.25) is 0 Å². The van der Waals surface area contributed by atoms with Crippen molar-refractivity contribution in [2.75, 3.05) is 0 Å². The molecule has 8 aromatic rings. The van der Waals surface area contributed by atoms with Crippen LogP contribution < -0.4 is 0 Å². The number of hydrogen-bond acceptors (Lipinski definition) is 0. The third kappa shape index (κ3) is 2.64. The molecule has 0 amide bonds. The van der Waals surface area contributed by atoms with Gasteiger partial charge >= 0.3 is 0 Å². The minimum Gasteiger partial charge on any atom is -0.0616 e. The number of fused-ring (bicyclic) bond motifs is 6. The van der Waals surface area contributed by atoms with Crippen LogP contribution in [0.15, 0.2) is 121 Å². The molecular weight excluding hydrogens is 468 g/mol. The molecule has 0 atom stereocenters. The lowest BCUT2D eigenvalue weighted by atomic mass is 9.69. The molecule has 0 spiro atoms. The zero-order chi connectivity index (χ0) is 25.9. The predicted molar refractivity (Wildman–Crippen MR) is 169 cm³/mol. The standard InChI is InChI=1S/C39H26/c1-39(2)34-15-7-9-23-17-20-31-32(22-25-10-8-16-35(39)37(25)38(31)36(23)34)24-18-19-30-28-13-4-3-11-26(28)27-12-5-6-14-29(27)33(30)21-24/h3-22H,1-2H3. The molecule has 1 aliphatic rings. The summed E-state index contributed by atoms with van der Waals surface area (Å²) in [6, 6.07) is 45.6. The van der Waals surface area contributed by atoms with Gasteiger partial charge in [-0.1, -0.05) is 123 Å². The third-order valence-electron chi connectivity index (χ3n) is 9.38. The Bertz CT molecular complexity index is 2290. The Morgan fingerprint density at radius 1 is 0.385 bits per heavy atom. The molecule has 0 saturated heterocycles. The highest BCUT2D eigenvalue weighted by atomic mass is 14.4. The van der Waals surface area contributed by atoms with Crippen LogP contribution in [0, 0.1) is 0 Å². The van der Waals surface area contributed by atoms with Gasteiger partial charge in [-0.2, -0.15) is 0 Å². The average Bonchev–Trinajstić information content (AvgIpc) is 2.99. The maximum atomic E-state index is 2.43. The summed E-state index contributed by atoms with van der Waals surface area (Å²) in [7, 11) is 0. The van der Waals surface area contributed by atoms with Gasteiger partial charge in [-0.3, -0.25) is 0 Å². The van der Waals surface area contributed by atoms with Crippen LogP contribution in [0.1, 0.15) is 25.0 Å². The summed E-state index contributed by atoms with van der Waals surface area (Å²) in [5.41, 5.74) is 5.41. The van der Waals surface area contributed by atoms with Crippen LogP contribution >= 0.6 is 0 Å². The lowest BCUT2D eigenvalue weighted by Gasteiger charge is -2.34. The SMILES string of the molecule is CC1(C)c2cccc3ccc4c(-c5ccc6c7ccccc7c7ccccc7c6c5)cc5cccc1c5c4c23. The fourth-order valence-corrected chi connectivity index (χ4v) is 7.57. The fourth-order valence-electron chi connectivity index (χ4n) is 7.57. The van der Waals surface area contributed by atoms with Crippen LogP contribution in [-0.2, 0) is 5.41 Å². The summed E-state index contributed by atoms with van der Waals surface area (Å²) < 4.78 is 0. The van der Waals surface area contributed by atoms with Crippen molar-refractivity contribution in [1.29, 1.82) is 0 Å². The molecule has 0 aliphatic heterocycles. The molecule has 0 aromatic heterocycles. The van der Waals surface area contributed by atoms with Crippen molar-refractivity contribution in [3.63, 3.8) is 0 Å². The largest absolute Gasteiger partial charge is 0.0616 e. The molecule has 0 unspecified atom stereocenters. The predicted octanol–water partition coefficient (Wildman–Crippen LogP) is 10.9. The average molecular weight is 495 g/mol. The summed E-state index contributed by atoms with van der Waals surface area (Å²) in [6.45, 7) is 4.76. The molecule has 39 heavy (non-hydrogen) atoms. The highest BCUT2D eigenvalue weighted by molar-refractivity contribution is 6.29. The summed E-state index contributed by atoms with van der Waals surface area (Å²) in [5.74, 6) is 0. The minimum atomic E-state index is -0.0370. The second kappa shape index (κ2) is 7.24. The Kier molecular flexibility index (Phi) is 3.95.